The molecule has 1 aromatic carbocycles. The zero-order valence-corrected chi connectivity index (χ0v) is 13.4. The van der Waals surface area contributed by atoms with E-state index in [2.05, 4.69) is 27.5 Å². The summed E-state index contributed by atoms with van der Waals surface area (Å²) < 4.78 is 25.8. The highest BCUT2D eigenvalue weighted by Crippen LogP contribution is 2.30. The molecule has 1 heterocycles. The Morgan fingerprint density at radius 3 is 2.68 bits per heavy atom. The molecule has 0 bridgehead atoms. The zero-order valence-electron chi connectivity index (χ0n) is 11.2. The molecule has 19 heavy (non-hydrogen) atoms. The van der Waals surface area contributed by atoms with Crippen LogP contribution in [0, 0.1) is 9.39 Å². The van der Waals surface area contributed by atoms with E-state index in [4.69, 9.17) is 9.47 Å². The van der Waals surface area contributed by atoms with Gasteiger partial charge in [0.15, 0.2) is 6.29 Å². The summed E-state index contributed by atoms with van der Waals surface area (Å²) >= 11 is 2.12. The highest BCUT2D eigenvalue weighted by molar-refractivity contribution is 14.1. The van der Waals surface area contributed by atoms with Gasteiger partial charge in [0.25, 0.3) is 0 Å². The van der Waals surface area contributed by atoms with E-state index >= 15 is 0 Å². The molecule has 5 heteroatoms. The second-order valence-corrected chi connectivity index (χ2v) is 5.94. The molecule has 0 aromatic heterocycles. The molecule has 0 aliphatic carbocycles. The lowest BCUT2D eigenvalue weighted by atomic mass is 10.0. The van der Waals surface area contributed by atoms with Crippen molar-refractivity contribution in [1.29, 1.82) is 0 Å². The number of anilines is 1. The van der Waals surface area contributed by atoms with E-state index in [1.54, 1.807) is 20.3 Å². The van der Waals surface area contributed by atoms with Crippen molar-refractivity contribution in [3.8, 4) is 0 Å². The van der Waals surface area contributed by atoms with Crippen molar-refractivity contribution in [3.05, 3.63) is 27.6 Å². The highest BCUT2D eigenvalue weighted by atomic mass is 127. The highest BCUT2D eigenvalue weighted by Gasteiger charge is 2.31. The van der Waals surface area contributed by atoms with Crippen molar-refractivity contribution in [3.63, 3.8) is 0 Å². The number of ether oxygens (including phenoxy) is 2. The molecule has 1 unspecified atom stereocenters. The molecular weight excluding hydrogens is 360 g/mol. The number of hydrogen-bond donors (Lipinski definition) is 0. The van der Waals surface area contributed by atoms with E-state index in [1.165, 1.54) is 0 Å². The topological polar surface area (TPSA) is 21.7 Å². The average Bonchev–Trinajstić information content (AvgIpc) is 2.41. The quantitative estimate of drug-likeness (QED) is 0.591. The number of rotatable bonds is 4. The lowest BCUT2D eigenvalue weighted by Crippen LogP contribution is -2.48. The minimum absolute atomic E-state index is 0.0679. The lowest BCUT2D eigenvalue weighted by molar-refractivity contribution is -0.120. The number of nitrogens with zero attached hydrogens (tertiary/aromatic N) is 1. The maximum atomic E-state index is 14.2. The van der Waals surface area contributed by atoms with Crippen molar-refractivity contribution >= 4 is 28.3 Å². The summed E-state index contributed by atoms with van der Waals surface area (Å²) in [7, 11) is 3.26. The Labute approximate surface area is 127 Å². The molecule has 106 valence electrons. The molecule has 0 radical (unpaired) electrons. The van der Waals surface area contributed by atoms with Crippen molar-refractivity contribution in [2.24, 2.45) is 0 Å². The monoisotopic (exact) mass is 379 g/mol. The first-order chi connectivity index (χ1) is 9.17. The molecule has 1 aliphatic rings. The number of halogens is 2. The minimum atomic E-state index is -0.320. The second kappa shape index (κ2) is 6.85. The van der Waals surface area contributed by atoms with Gasteiger partial charge in [-0.2, -0.15) is 0 Å². The van der Waals surface area contributed by atoms with Crippen LogP contribution in [0.15, 0.2) is 18.2 Å². The first-order valence-corrected chi connectivity index (χ1v) is 7.52. The van der Waals surface area contributed by atoms with Crippen LogP contribution in [-0.2, 0) is 9.47 Å². The average molecular weight is 379 g/mol. The molecule has 2 rings (SSSR count). The molecule has 0 saturated carbocycles. The van der Waals surface area contributed by atoms with Crippen LogP contribution in [-0.4, -0.2) is 33.1 Å². The fraction of sp³-hybridized carbons (Fsp3) is 0.571. The van der Waals surface area contributed by atoms with Crippen molar-refractivity contribution in [1.82, 2.24) is 0 Å². The number of methoxy groups -OCH3 is 2. The van der Waals surface area contributed by atoms with Gasteiger partial charge in [-0.1, -0.05) is 0 Å². The molecule has 1 fully saturated rings. The van der Waals surface area contributed by atoms with E-state index in [1.807, 2.05) is 12.1 Å². The van der Waals surface area contributed by atoms with E-state index in [0.717, 1.165) is 29.4 Å². The van der Waals surface area contributed by atoms with Gasteiger partial charge >= 0.3 is 0 Å². The van der Waals surface area contributed by atoms with Gasteiger partial charge < -0.3 is 14.4 Å². The standard InChI is InChI=1S/C14H19FINO2/c1-18-14(19-2)13-5-3-4-8-17(13)12-7-6-10(16)9-11(12)15/h6-7,9,13-14H,3-5,8H2,1-2H3. The Morgan fingerprint density at radius 1 is 1.32 bits per heavy atom. The number of piperidine rings is 1. The van der Waals surface area contributed by atoms with Crippen LogP contribution >= 0.6 is 22.6 Å². The third kappa shape index (κ3) is 3.38. The van der Waals surface area contributed by atoms with Gasteiger partial charge in [-0.05, 0) is 60.1 Å². The van der Waals surface area contributed by atoms with Crippen molar-refractivity contribution in [2.75, 3.05) is 25.7 Å². The SMILES string of the molecule is COC(OC)C1CCCCN1c1ccc(I)cc1F. The summed E-state index contributed by atoms with van der Waals surface area (Å²) in [4.78, 5) is 2.08. The van der Waals surface area contributed by atoms with Gasteiger partial charge in [0.1, 0.15) is 5.82 Å². The molecule has 0 amide bonds. The predicted octanol–water partition coefficient (Wildman–Crippen LogP) is 3.41. The van der Waals surface area contributed by atoms with Crippen molar-refractivity contribution in [2.45, 2.75) is 31.6 Å². The van der Waals surface area contributed by atoms with Gasteiger partial charge in [0.05, 0.1) is 11.7 Å². The minimum Gasteiger partial charge on any atom is -0.361 e. The van der Waals surface area contributed by atoms with Crippen LogP contribution in [0.25, 0.3) is 0 Å². The van der Waals surface area contributed by atoms with Gasteiger partial charge in [0.2, 0.25) is 0 Å². The van der Waals surface area contributed by atoms with E-state index in [-0.39, 0.29) is 18.1 Å². The van der Waals surface area contributed by atoms with Crippen LogP contribution in [0.3, 0.4) is 0 Å². The summed E-state index contributed by atoms with van der Waals surface area (Å²) in [6.07, 6.45) is 2.83. The van der Waals surface area contributed by atoms with Crippen LogP contribution < -0.4 is 4.90 Å². The molecule has 1 aliphatic heterocycles. The first kappa shape index (κ1) is 15.0. The Bertz CT molecular complexity index is 426. The summed E-state index contributed by atoms with van der Waals surface area (Å²) in [5.41, 5.74) is 0.643. The summed E-state index contributed by atoms with van der Waals surface area (Å²) in [6.45, 7) is 0.839. The molecular formula is C14H19FINO2. The Morgan fingerprint density at radius 2 is 2.05 bits per heavy atom. The van der Waals surface area contributed by atoms with Gasteiger partial charge in [-0.15, -0.1) is 0 Å². The predicted molar refractivity (Wildman–Crippen MR) is 81.9 cm³/mol. The van der Waals surface area contributed by atoms with E-state index in [0.29, 0.717) is 5.69 Å². The largest absolute Gasteiger partial charge is 0.361 e. The molecule has 1 aromatic rings. The smallest absolute Gasteiger partial charge is 0.177 e. The number of benzene rings is 1. The second-order valence-electron chi connectivity index (χ2n) is 4.69. The third-order valence-electron chi connectivity index (χ3n) is 3.55. The van der Waals surface area contributed by atoms with Crippen LogP contribution in [0.4, 0.5) is 10.1 Å². The fourth-order valence-corrected chi connectivity index (χ4v) is 3.12. The molecule has 1 atom stereocenters. The first-order valence-electron chi connectivity index (χ1n) is 6.44. The molecule has 3 nitrogen and oxygen atoms in total. The maximum absolute atomic E-state index is 14.2. The number of hydrogen-bond acceptors (Lipinski definition) is 3. The van der Waals surface area contributed by atoms with Gasteiger partial charge in [-0.3, -0.25) is 0 Å². The molecule has 0 N–H and O–H groups in total. The maximum Gasteiger partial charge on any atom is 0.177 e. The zero-order chi connectivity index (χ0) is 13.8. The lowest BCUT2D eigenvalue weighted by Gasteiger charge is -2.40. The van der Waals surface area contributed by atoms with Crippen LogP contribution in [0.5, 0.6) is 0 Å². The summed E-state index contributed by atoms with van der Waals surface area (Å²) in [5, 5.41) is 0. The fourth-order valence-electron chi connectivity index (χ4n) is 2.66. The third-order valence-corrected chi connectivity index (χ3v) is 4.22. The van der Waals surface area contributed by atoms with Crippen LogP contribution in [0.1, 0.15) is 19.3 Å². The van der Waals surface area contributed by atoms with Gasteiger partial charge in [-0.25, -0.2) is 4.39 Å². The molecule has 0 spiro atoms. The Kier molecular flexibility index (Phi) is 5.41. The van der Waals surface area contributed by atoms with Crippen LogP contribution in [0.2, 0.25) is 0 Å². The van der Waals surface area contributed by atoms with E-state index in [9.17, 15) is 4.39 Å². The normalized spacial score (nSPS) is 20.1. The Balaban J connectivity index is 2.28. The molecule has 1 saturated heterocycles. The summed E-state index contributed by atoms with van der Waals surface area (Å²) in [5.74, 6) is -0.176. The van der Waals surface area contributed by atoms with Crippen molar-refractivity contribution < 1.29 is 13.9 Å². The Hall–Kier alpha value is -0.400. The van der Waals surface area contributed by atoms with Gasteiger partial charge in [0, 0.05) is 24.3 Å². The summed E-state index contributed by atoms with van der Waals surface area (Å²) in [6, 6.07) is 5.41. The van der Waals surface area contributed by atoms with E-state index < -0.39 is 0 Å².